The third-order valence-electron chi connectivity index (χ3n) is 3.68. The Morgan fingerprint density at radius 3 is 2.14 bits per heavy atom. The molecule has 0 aromatic heterocycles. The molecular formula is C18H21F2N. The van der Waals surface area contributed by atoms with Gasteiger partial charge in [0.2, 0.25) is 0 Å². The van der Waals surface area contributed by atoms with Crippen LogP contribution in [0.3, 0.4) is 0 Å². The lowest BCUT2D eigenvalue weighted by Crippen LogP contribution is -2.27. The van der Waals surface area contributed by atoms with Gasteiger partial charge < -0.3 is 5.32 Å². The van der Waals surface area contributed by atoms with E-state index in [1.54, 1.807) is 0 Å². The number of hydrogen-bond acceptors (Lipinski definition) is 1. The summed E-state index contributed by atoms with van der Waals surface area (Å²) in [6.07, 6.45) is 0.968. The van der Waals surface area contributed by atoms with Gasteiger partial charge in [-0.05, 0) is 36.2 Å². The summed E-state index contributed by atoms with van der Waals surface area (Å²) in [5.74, 6) is -0.943. The summed E-state index contributed by atoms with van der Waals surface area (Å²) in [4.78, 5) is 0. The predicted octanol–water partition coefficient (Wildman–Crippen LogP) is 4.81. The highest BCUT2D eigenvalue weighted by Crippen LogP contribution is 2.31. The molecule has 2 aromatic carbocycles. The van der Waals surface area contributed by atoms with Gasteiger partial charge in [-0.25, -0.2) is 8.78 Å². The molecule has 0 heterocycles. The molecule has 2 rings (SSSR count). The molecule has 0 aliphatic rings. The summed E-state index contributed by atoms with van der Waals surface area (Å²) < 4.78 is 27.0. The van der Waals surface area contributed by atoms with Crippen molar-refractivity contribution in [2.24, 2.45) is 0 Å². The Bertz CT molecular complexity index is 548. The molecule has 2 atom stereocenters. The van der Waals surface area contributed by atoms with Crippen LogP contribution < -0.4 is 5.32 Å². The van der Waals surface area contributed by atoms with E-state index in [4.69, 9.17) is 0 Å². The monoisotopic (exact) mass is 289 g/mol. The average Bonchev–Trinajstić information content (AvgIpc) is 2.47. The summed E-state index contributed by atoms with van der Waals surface area (Å²) in [6, 6.07) is 13.6. The lowest BCUT2D eigenvalue weighted by Gasteiger charge is -2.26. The van der Waals surface area contributed by atoms with E-state index in [-0.39, 0.29) is 12.0 Å². The van der Waals surface area contributed by atoms with Crippen LogP contribution in [-0.4, -0.2) is 6.54 Å². The van der Waals surface area contributed by atoms with Gasteiger partial charge in [-0.1, -0.05) is 44.2 Å². The van der Waals surface area contributed by atoms with Crippen molar-refractivity contribution in [3.05, 3.63) is 71.3 Å². The van der Waals surface area contributed by atoms with Crippen molar-refractivity contribution >= 4 is 0 Å². The Kier molecular flexibility index (Phi) is 5.45. The van der Waals surface area contributed by atoms with Crippen LogP contribution in [0.4, 0.5) is 8.78 Å². The van der Waals surface area contributed by atoms with Gasteiger partial charge in [-0.15, -0.1) is 0 Å². The van der Waals surface area contributed by atoms with E-state index in [2.05, 4.69) is 19.2 Å². The summed E-state index contributed by atoms with van der Waals surface area (Å²) >= 11 is 0. The maximum absolute atomic E-state index is 13.5. The molecule has 0 radical (unpaired) electrons. The molecule has 1 N–H and O–H groups in total. The van der Waals surface area contributed by atoms with Crippen LogP contribution in [0, 0.1) is 11.6 Å². The molecule has 0 amide bonds. The topological polar surface area (TPSA) is 12.0 Å². The molecule has 3 heteroatoms. The molecule has 0 spiro atoms. The smallest absolute Gasteiger partial charge is 0.126 e. The van der Waals surface area contributed by atoms with E-state index in [9.17, 15) is 8.78 Å². The summed E-state index contributed by atoms with van der Waals surface area (Å²) in [6.45, 7) is 4.95. The van der Waals surface area contributed by atoms with Gasteiger partial charge >= 0.3 is 0 Å². The molecule has 0 fully saturated rings. The second-order valence-electron chi connectivity index (χ2n) is 5.33. The van der Waals surface area contributed by atoms with Crippen LogP contribution in [0.5, 0.6) is 0 Å². The van der Waals surface area contributed by atoms with Crippen molar-refractivity contribution in [1.29, 1.82) is 0 Å². The van der Waals surface area contributed by atoms with Gasteiger partial charge in [-0.2, -0.15) is 0 Å². The normalized spacial score (nSPS) is 13.9. The van der Waals surface area contributed by atoms with Gasteiger partial charge in [0.15, 0.2) is 0 Å². The zero-order valence-corrected chi connectivity index (χ0v) is 12.4. The van der Waals surface area contributed by atoms with E-state index < -0.39 is 11.6 Å². The molecule has 0 bridgehead atoms. The SMILES string of the molecule is CCCNC(c1cc(F)cc(F)c1)C(C)c1ccccc1. The van der Waals surface area contributed by atoms with Gasteiger partial charge in [0.1, 0.15) is 11.6 Å². The lowest BCUT2D eigenvalue weighted by atomic mass is 9.88. The Hall–Kier alpha value is -1.74. The molecule has 0 aliphatic heterocycles. The van der Waals surface area contributed by atoms with Crippen molar-refractivity contribution in [1.82, 2.24) is 5.32 Å². The zero-order valence-electron chi connectivity index (χ0n) is 12.4. The lowest BCUT2D eigenvalue weighted by molar-refractivity contribution is 0.460. The maximum Gasteiger partial charge on any atom is 0.126 e. The molecule has 1 nitrogen and oxygen atoms in total. The fourth-order valence-corrected chi connectivity index (χ4v) is 2.59. The van der Waals surface area contributed by atoms with Crippen molar-refractivity contribution in [2.45, 2.75) is 32.2 Å². The zero-order chi connectivity index (χ0) is 15.2. The highest BCUT2D eigenvalue weighted by atomic mass is 19.1. The first-order valence-electron chi connectivity index (χ1n) is 7.36. The minimum atomic E-state index is -0.534. The van der Waals surface area contributed by atoms with Gasteiger partial charge in [-0.3, -0.25) is 0 Å². The quantitative estimate of drug-likeness (QED) is 0.804. The van der Waals surface area contributed by atoms with Crippen LogP contribution in [0.1, 0.15) is 43.4 Å². The Labute approximate surface area is 125 Å². The largest absolute Gasteiger partial charge is 0.309 e. The van der Waals surface area contributed by atoms with Gasteiger partial charge in [0, 0.05) is 18.0 Å². The number of hydrogen-bond donors (Lipinski definition) is 1. The minimum Gasteiger partial charge on any atom is -0.309 e. The van der Waals surface area contributed by atoms with Crippen LogP contribution in [0.2, 0.25) is 0 Å². The third-order valence-corrected chi connectivity index (χ3v) is 3.68. The molecule has 0 aliphatic carbocycles. The average molecular weight is 289 g/mol. The van der Waals surface area contributed by atoms with Crippen molar-refractivity contribution in [3.63, 3.8) is 0 Å². The van der Waals surface area contributed by atoms with E-state index >= 15 is 0 Å². The molecule has 0 saturated heterocycles. The minimum absolute atomic E-state index is 0.113. The summed E-state index contributed by atoms with van der Waals surface area (Å²) in [5.41, 5.74) is 1.80. The Morgan fingerprint density at radius 2 is 1.57 bits per heavy atom. The highest BCUT2D eigenvalue weighted by molar-refractivity contribution is 5.28. The molecule has 112 valence electrons. The van der Waals surface area contributed by atoms with E-state index in [1.807, 2.05) is 30.3 Å². The maximum atomic E-state index is 13.5. The van der Waals surface area contributed by atoms with E-state index in [0.717, 1.165) is 24.6 Å². The highest BCUT2D eigenvalue weighted by Gasteiger charge is 2.21. The van der Waals surface area contributed by atoms with Crippen LogP contribution in [0.15, 0.2) is 48.5 Å². The Balaban J connectivity index is 2.33. The molecular weight excluding hydrogens is 268 g/mol. The van der Waals surface area contributed by atoms with Gasteiger partial charge in [0.25, 0.3) is 0 Å². The predicted molar refractivity (Wildman–Crippen MR) is 82.2 cm³/mol. The van der Waals surface area contributed by atoms with Crippen LogP contribution in [0.25, 0.3) is 0 Å². The van der Waals surface area contributed by atoms with Crippen molar-refractivity contribution in [3.8, 4) is 0 Å². The van der Waals surface area contributed by atoms with Crippen LogP contribution in [-0.2, 0) is 0 Å². The second-order valence-corrected chi connectivity index (χ2v) is 5.33. The first kappa shape index (κ1) is 15.6. The molecule has 0 saturated carbocycles. The fraction of sp³-hybridized carbons (Fsp3) is 0.333. The summed E-state index contributed by atoms with van der Waals surface area (Å²) in [7, 11) is 0. The van der Waals surface area contributed by atoms with Gasteiger partial charge in [0.05, 0.1) is 0 Å². The molecule has 2 aromatic rings. The Morgan fingerprint density at radius 1 is 0.952 bits per heavy atom. The van der Waals surface area contributed by atoms with E-state index in [1.165, 1.54) is 12.1 Å². The first-order valence-corrected chi connectivity index (χ1v) is 7.36. The van der Waals surface area contributed by atoms with Crippen LogP contribution >= 0.6 is 0 Å². The van der Waals surface area contributed by atoms with E-state index in [0.29, 0.717) is 5.56 Å². The number of benzene rings is 2. The van der Waals surface area contributed by atoms with Crippen molar-refractivity contribution in [2.75, 3.05) is 6.54 Å². The number of rotatable bonds is 6. The molecule has 21 heavy (non-hydrogen) atoms. The molecule has 2 unspecified atom stereocenters. The second kappa shape index (κ2) is 7.32. The standard InChI is InChI=1S/C18H21F2N/c1-3-9-21-18(13(2)14-7-5-4-6-8-14)15-10-16(19)12-17(20)11-15/h4-8,10-13,18,21H,3,9H2,1-2H3. The number of nitrogens with one attached hydrogen (secondary N) is 1. The fourth-order valence-electron chi connectivity index (χ4n) is 2.59. The third kappa shape index (κ3) is 4.11. The number of halogens is 2. The summed E-state index contributed by atoms with van der Waals surface area (Å²) in [5, 5.41) is 3.41. The first-order chi connectivity index (χ1) is 10.1. The van der Waals surface area contributed by atoms with Crippen molar-refractivity contribution < 1.29 is 8.78 Å².